The average molecular weight is 311 g/mol. The maximum absolute atomic E-state index is 12.6. The number of urea groups is 1. The Kier molecular flexibility index (Phi) is 4.85. The van der Waals surface area contributed by atoms with Gasteiger partial charge in [0.2, 0.25) is 0 Å². The molecule has 1 fully saturated rings. The van der Waals surface area contributed by atoms with Crippen LogP contribution in [0, 0.1) is 0 Å². The minimum atomic E-state index is -4.38. The summed E-state index contributed by atoms with van der Waals surface area (Å²) in [5.74, 6) is 0.713. The lowest BCUT2D eigenvalue weighted by molar-refractivity contribution is -0.137. The van der Waals surface area contributed by atoms with Crippen molar-refractivity contribution < 1.29 is 18.0 Å². The molecule has 118 valence electrons. The Morgan fingerprint density at radius 2 is 2.18 bits per heavy atom. The quantitative estimate of drug-likeness (QED) is 0.908. The summed E-state index contributed by atoms with van der Waals surface area (Å²) in [6, 6.07) is 4.32. The number of alkyl halides is 3. The number of nitrogens with zero attached hydrogens (tertiary/aromatic N) is 2. The van der Waals surface area contributed by atoms with Crippen molar-refractivity contribution in [1.29, 1.82) is 0 Å². The number of aliphatic imine (C=N–C) groups is 1. The van der Waals surface area contributed by atoms with Gasteiger partial charge in [-0.3, -0.25) is 0 Å². The molecule has 0 aromatic heterocycles. The van der Waals surface area contributed by atoms with Crippen LogP contribution in [0.25, 0.3) is 6.08 Å². The monoisotopic (exact) mass is 311 g/mol. The SMILES string of the molecule is CN1CCCC1=NC(=O)NC=Cc1cccc(C(F)(F)F)c1. The van der Waals surface area contributed by atoms with Crippen LogP contribution >= 0.6 is 0 Å². The highest BCUT2D eigenvalue weighted by Crippen LogP contribution is 2.29. The van der Waals surface area contributed by atoms with Crippen LogP contribution in [0.15, 0.2) is 35.5 Å². The van der Waals surface area contributed by atoms with Gasteiger partial charge in [0.25, 0.3) is 0 Å². The summed E-state index contributed by atoms with van der Waals surface area (Å²) < 4.78 is 37.7. The lowest BCUT2D eigenvalue weighted by Gasteiger charge is -2.09. The molecule has 22 heavy (non-hydrogen) atoms. The van der Waals surface area contributed by atoms with E-state index in [9.17, 15) is 18.0 Å². The first-order chi connectivity index (χ1) is 10.4. The van der Waals surface area contributed by atoms with Gasteiger partial charge in [-0.2, -0.15) is 18.2 Å². The summed E-state index contributed by atoms with van der Waals surface area (Å²) in [5, 5.41) is 2.42. The zero-order valence-electron chi connectivity index (χ0n) is 12.0. The zero-order chi connectivity index (χ0) is 16.2. The summed E-state index contributed by atoms with van der Waals surface area (Å²) in [6.07, 6.45) is 0.0125. The number of amides is 2. The molecule has 0 aliphatic carbocycles. The van der Waals surface area contributed by atoms with Crippen molar-refractivity contribution in [2.45, 2.75) is 19.0 Å². The first-order valence-electron chi connectivity index (χ1n) is 6.79. The molecule has 2 rings (SSSR count). The number of hydrogen-bond acceptors (Lipinski definition) is 1. The number of rotatable bonds is 2. The summed E-state index contributed by atoms with van der Waals surface area (Å²) >= 11 is 0. The van der Waals surface area contributed by atoms with Crippen molar-refractivity contribution in [2.24, 2.45) is 4.99 Å². The maximum atomic E-state index is 12.6. The number of benzene rings is 1. The van der Waals surface area contributed by atoms with Crippen LogP contribution in [0.1, 0.15) is 24.0 Å². The van der Waals surface area contributed by atoms with Crippen molar-refractivity contribution in [3.05, 3.63) is 41.6 Å². The molecule has 7 heteroatoms. The zero-order valence-corrected chi connectivity index (χ0v) is 12.0. The molecule has 0 bridgehead atoms. The number of halogens is 3. The molecule has 1 heterocycles. The molecule has 0 spiro atoms. The number of carbonyl (C=O) groups is 1. The van der Waals surface area contributed by atoms with Gasteiger partial charge in [-0.25, -0.2) is 4.79 Å². The third-order valence-electron chi connectivity index (χ3n) is 3.26. The standard InChI is InChI=1S/C15H16F3N3O/c1-21-9-3-6-13(21)20-14(22)19-8-7-11-4-2-5-12(10-11)15(16,17)18/h2,4-5,7-8,10H,3,6,9H2,1H3,(H,19,22). The first-order valence-corrected chi connectivity index (χ1v) is 6.79. The van der Waals surface area contributed by atoms with Crippen molar-refractivity contribution in [3.8, 4) is 0 Å². The average Bonchev–Trinajstić information content (AvgIpc) is 2.84. The van der Waals surface area contributed by atoms with E-state index in [1.54, 1.807) is 0 Å². The molecule has 1 saturated heterocycles. The van der Waals surface area contributed by atoms with E-state index >= 15 is 0 Å². The third-order valence-corrected chi connectivity index (χ3v) is 3.26. The maximum Gasteiger partial charge on any atom is 0.416 e. The van der Waals surface area contributed by atoms with Crippen LogP contribution in [0.5, 0.6) is 0 Å². The van der Waals surface area contributed by atoms with Crippen LogP contribution in [0.3, 0.4) is 0 Å². The molecule has 0 radical (unpaired) electrons. The first kappa shape index (κ1) is 16.1. The fraction of sp³-hybridized carbons (Fsp3) is 0.333. The van der Waals surface area contributed by atoms with E-state index in [1.165, 1.54) is 24.4 Å². The highest BCUT2D eigenvalue weighted by atomic mass is 19.4. The van der Waals surface area contributed by atoms with Gasteiger partial charge in [-0.15, -0.1) is 0 Å². The Balaban J connectivity index is 1.97. The van der Waals surface area contributed by atoms with Crippen LogP contribution in [-0.2, 0) is 6.18 Å². The van der Waals surface area contributed by atoms with Crippen LogP contribution in [0.4, 0.5) is 18.0 Å². The second-order valence-corrected chi connectivity index (χ2v) is 4.96. The molecule has 0 unspecified atom stereocenters. The van der Waals surface area contributed by atoms with Crippen molar-refractivity contribution >= 4 is 17.9 Å². The topological polar surface area (TPSA) is 44.7 Å². The normalized spacial score (nSPS) is 17.5. The number of hydrogen-bond donors (Lipinski definition) is 1. The lowest BCUT2D eigenvalue weighted by Crippen LogP contribution is -2.23. The fourth-order valence-electron chi connectivity index (χ4n) is 2.11. The van der Waals surface area contributed by atoms with Crippen molar-refractivity contribution in [1.82, 2.24) is 10.2 Å². The van der Waals surface area contributed by atoms with E-state index in [2.05, 4.69) is 10.3 Å². The third kappa shape index (κ3) is 4.34. The minimum Gasteiger partial charge on any atom is -0.363 e. The second-order valence-electron chi connectivity index (χ2n) is 4.96. The predicted octanol–water partition coefficient (Wildman–Crippen LogP) is 3.51. The molecule has 1 aliphatic heterocycles. The van der Waals surface area contributed by atoms with Gasteiger partial charge < -0.3 is 10.2 Å². The van der Waals surface area contributed by atoms with Crippen LogP contribution in [0.2, 0.25) is 0 Å². The van der Waals surface area contributed by atoms with Gasteiger partial charge in [0.05, 0.1) is 5.56 Å². The smallest absolute Gasteiger partial charge is 0.363 e. The summed E-state index contributed by atoms with van der Waals surface area (Å²) in [5.41, 5.74) is -0.380. The molecule has 1 N–H and O–H groups in total. The molecule has 0 saturated carbocycles. The Bertz CT molecular complexity index is 608. The van der Waals surface area contributed by atoms with Crippen molar-refractivity contribution in [3.63, 3.8) is 0 Å². The Morgan fingerprint density at radius 1 is 1.41 bits per heavy atom. The van der Waals surface area contributed by atoms with E-state index < -0.39 is 17.8 Å². The summed E-state index contributed by atoms with van der Waals surface area (Å²) in [7, 11) is 1.86. The van der Waals surface area contributed by atoms with Crippen LogP contribution in [-0.4, -0.2) is 30.4 Å². The number of likely N-dealkylation sites (tertiary alicyclic amines) is 1. The fourth-order valence-corrected chi connectivity index (χ4v) is 2.11. The molecule has 2 amide bonds. The predicted molar refractivity (Wildman–Crippen MR) is 78.3 cm³/mol. The van der Waals surface area contributed by atoms with Gasteiger partial charge in [0, 0.05) is 26.2 Å². The highest BCUT2D eigenvalue weighted by molar-refractivity contribution is 5.94. The summed E-state index contributed by atoms with van der Waals surface area (Å²) in [6.45, 7) is 0.867. The van der Waals surface area contributed by atoms with Gasteiger partial charge >= 0.3 is 12.2 Å². The van der Waals surface area contributed by atoms with Gasteiger partial charge in [0.15, 0.2) is 0 Å². The Morgan fingerprint density at radius 3 is 2.82 bits per heavy atom. The lowest BCUT2D eigenvalue weighted by atomic mass is 10.1. The number of carbonyl (C=O) groups excluding carboxylic acids is 1. The van der Waals surface area contributed by atoms with Gasteiger partial charge in [-0.05, 0) is 30.2 Å². The second kappa shape index (κ2) is 6.64. The largest absolute Gasteiger partial charge is 0.416 e. The van der Waals surface area contributed by atoms with E-state index in [-0.39, 0.29) is 0 Å². The number of amidine groups is 1. The van der Waals surface area contributed by atoms with Gasteiger partial charge in [0.1, 0.15) is 5.84 Å². The van der Waals surface area contributed by atoms with Crippen LogP contribution < -0.4 is 5.32 Å². The van der Waals surface area contributed by atoms with E-state index in [4.69, 9.17) is 0 Å². The summed E-state index contributed by atoms with van der Waals surface area (Å²) in [4.78, 5) is 17.4. The minimum absolute atomic E-state index is 0.348. The Labute approximate surface area is 126 Å². The number of nitrogens with one attached hydrogen (secondary N) is 1. The molecule has 1 aliphatic rings. The van der Waals surface area contributed by atoms with E-state index in [1.807, 2.05) is 11.9 Å². The molecule has 1 aromatic carbocycles. The molecular weight excluding hydrogens is 295 g/mol. The molecular formula is C15H16F3N3O. The van der Waals surface area contributed by atoms with E-state index in [0.29, 0.717) is 11.4 Å². The van der Waals surface area contributed by atoms with Gasteiger partial charge in [-0.1, -0.05) is 12.1 Å². The molecule has 1 aromatic rings. The van der Waals surface area contributed by atoms with E-state index in [0.717, 1.165) is 31.5 Å². The molecule has 0 atom stereocenters. The van der Waals surface area contributed by atoms with Crippen molar-refractivity contribution in [2.75, 3.05) is 13.6 Å². The highest BCUT2D eigenvalue weighted by Gasteiger charge is 2.30. The molecule has 4 nitrogen and oxygen atoms in total. The Hall–Kier alpha value is -2.31.